The second-order valence-corrected chi connectivity index (χ2v) is 8.38. The van der Waals surface area contributed by atoms with Gasteiger partial charge in [-0.1, -0.05) is 0 Å². The van der Waals surface area contributed by atoms with Gasteiger partial charge in [-0.2, -0.15) is 10.4 Å². The molecule has 3 aromatic rings. The summed E-state index contributed by atoms with van der Waals surface area (Å²) in [6.07, 6.45) is 1.58. The van der Waals surface area contributed by atoms with Crippen molar-refractivity contribution < 1.29 is 19.1 Å². The quantitative estimate of drug-likeness (QED) is 0.187. The zero-order valence-corrected chi connectivity index (χ0v) is 21.5. The van der Waals surface area contributed by atoms with Gasteiger partial charge in [0.2, 0.25) is 0 Å². The van der Waals surface area contributed by atoms with Gasteiger partial charge in [-0.25, -0.2) is 4.98 Å². The normalized spacial score (nSPS) is 10.8. The zero-order valence-electron chi connectivity index (χ0n) is 19.9. The summed E-state index contributed by atoms with van der Waals surface area (Å²) in [6, 6.07) is 13.6. The topological polar surface area (TPSA) is 132 Å². The van der Waals surface area contributed by atoms with E-state index in [1.54, 1.807) is 43.7 Å². The number of rotatable bonds is 11. The van der Waals surface area contributed by atoms with Crippen LogP contribution in [0.2, 0.25) is 0 Å². The van der Waals surface area contributed by atoms with Crippen molar-refractivity contribution in [2.75, 3.05) is 19.1 Å². The Labute approximate surface area is 216 Å². The fraction of sp³-hybridized carbons (Fsp3) is 0.240. The van der Waals surface area contributed by atoms with Crippen molar-refractivity contribution in [2.45, 2.75) is 27.1 Å². The predicted molar refractivity (Wildman–Crippen MR) is 138 cm³/mol. The first-order valence-corrected chi connectivity index (χ1v) is 11.7. The number of hydrazone groups is 1. The van der Waals surface area contributed by atoms with Gasteiger partial charge in [0.1, 0.15) is 18.2 Å². The summed E-state index contributed by atoms with van der Waals surface area (Å²) in [5.41, 5.74) is 6.16. The van der Waals surface area contributed by atoms with Crippen molar-refractivity contribution >= 4 is 33.6 Å². The fourth-order valence-corrected chi connectivity index (χ4v) is 3.71. The smallest absolute Gasteiger partial charge is 0.269 e. The van der Waals surface area contributed by atoms with Crippen LogP contribution in [0.1, 0.15) is 34.9 Å². The second kappa shape index (κ2) is 12.6. The Kier molecular flexibility index (Phi) is 9.32. The van der Waals surface area contributed by atoms with Crippen molar-refractivity contribution in [1.82, 2.24) is 4.98 Å². The molecule has 1 aromatic heterocycles. The number of hydrogen-bond acceptors (Lipinski definition) is 9. The predicted octanol–water partition coefficient (Wildman–Crippen LogP) is 5.50. The minimum absolute atomic E-state index is 0.0198. The number of nitro benzene ring substituents is 1. The number of hydrogen-bond donors (Lipinski definition) is 1. The number of benzene rings is 2. The van der Waals surface area contributed by atoms with Gasteiger partial charge >= 0.3 is 0 Å². The van der Waals surface area contributed by atoms with Crippen LogP contribution in [0, 0.1) is 28.4 Å². The minimum atomic E-state index is -0.446. The Balaban J connectivity index is 1.79. The number of aryl methyl sites for hydroxylation is 1. The van der Waals surface area contributed by atoms with Crippen molar-refractivity contribution in [3.05, 3.63) is 85.0 Å². The molecule has 0 radical (unpaired) electrons. The van der Waals surface area contributed by atoms with Crippen molar-refractivity contribution in [3.8, 4) is 17.6 Å². The number of non-ortho nitro benzene ring substituents is 1. The van der Waals surface area contributed by atoms with Crippen molar-refractivity contribution in [3.63, 3.8) is 0 Å². The molecule has 0 aliphatic heterocycles. The number of methoxy groups -OCH3 is 1. The van der Waals surface area contributed by atoms with Gasteiger partial charge in [0.15, 0.2) is 17.3 Å². The monoisotopic (exact) mass is 553 g/mol. The van der Waals surface area contributed by atoms with Crippen molar-refractivity contribution in [2.24, 2.45) is 5.10 Å². The average Bonchev–Trinajstić information content (AvgIpc) is 2.85. The number of ether oxygens (including phenoxy) is 3. The molecule has 10 nitrogen and oxygen atoms in total. The first kappa shape index (κ1) is 26.6. The standard InChI is InChI=1S/C25H24BrN5O5/c1-4-35-23-10-18(13-28-30-25-21(12-27)19(15-34-3)9-16(2)29-25)22(26)11-24(23)36-14-17-5-7-20(8-6-17)31(32)33/h5-11,13H,4,14-15H2,1-3H3,(H,29,30). The zero-order chi connectivity index (χ0) is 26.1. The van der Waals surface area contributed by atoms with Crippen LogP contribution < -0.4 is 14.9 Å². The largest absolute Gasteiger partial charge is 0.490 e. The third kappa shape index (κ3) is 6.78. The molecule has 1 N–H and O–H groups in total. The molecule has 0 bridgehead atoms. The van der Waals surface area contributed by atoms with Crippen molar-refractivity contribution in [1.29, 1.82) is 5.26 Å². The Morgan fingerprint density at radius 1 is 1.19 bits per heavy atom. The maximum atomic E-state index is 10.8. The van der Waals surface area contributed by atoms with E-state index in [0.717, 1.165) is 16.8 Å². The lowest BCUT2D eigenvalue weighted by atomic mass is 10.1. The first-order valence-electron chi connectivity index (χ1n) is 10.9. The molecule has 0 fully saturated rings. The molecule has 0 aliphatic carbocycles. The van der Waals surface area contributed by atoms with E-state index in [-0.39, 0.29) is 18.9 Å². The van der Waals surface area contributed by atoms with Gasteiger partial charge in [-0.3, -0.25) is 15.5 Å². The summed E-state index contributed by atoms with van der Waals surface area (Å²) in [5.74, 6) is 1.35. The minimum Gasteiger partial charge on any atom is -0.490 e. The Hall–Kier alpha value is -4.01. The summed E-state index contributed by atoms with van der Waals surface area (Å²) >= 11 is 3.53. The van der Waals surface area contributed by atoms with E-state index >= 15 is 0 Å². The SMILES string of the molecule is CCOc1cc(C=NNc2nc(C)cc(COC)c2C#N)c(Br)cc1OCc1ccc([N+](=O)[O-])cc1. The van der Waals surface area contributed by atoms with Crippen LogP contribution >= 0.6 is 15.9 Å². The molecule has 186 valence electrons. The van der Waals surface area contributed by atoms with E-state index < -0.39 is 4.92 Å². The fourth-order valence-electron chi connectivity index (χ4n) is 3.28. The lowest BCUT2D eigenvalue weighted by molar-refractivity contribution is -0.384. The van der Waals surface area contributed by atoms with Gasteiger partial charge in [-0.05, 0) is 65.7 Å². The Bertz CT molecular complexity index is 1310. The summed E-state index contributed by atoms with van der Waals surface area (Å²) in [6.45, 7) is 4.61. The van der Waals surface area contributed by atoms with Crippen LogP contribution in [0.4, 0.5) is 11.5 Å². The van der Waals surface area contributed by atoms with E-state index in [0.29, 0.717) is 39.5 Å². The van der Waals surface area contributed by atoms with Crippen LogP contribution in [-0.4, -0.2) is 29.8 Å². The number of nitro groups is 1. The Morgan fingerprint density at radius 3 is 2.56 bits per heavy atom. The highest BCUT2D eigenvalue weighted by Crippen LogP contribution is 2.34. The molecule has 3 rings (SSSR count). The molecule has 11 heteroatoms. The summed E-state index contributed by atoms with van der Waals surface area (Å²) in [4.78, 5) is 14.8. The molecular formula is C25H24BrN5O5. The number of aromatic nitrogens is 1. The molecule has 0 saturated carbocycles. The first-order chi connectivity index (χ1) is 17.4. The summed E-state index contributed by atoms with van der Waals surface area (Å²) in [5, 5.41) is 24.7. The molecule has 0 saturated heterocycles. The molecule has 1 heterocycles. The second-order valence-electron chi connectivity index (χ2n) is 7.53. The van der Waals surface area contributed by atoms with E-state index in [4.69, 9.17) is 14.2 Å². The lowest BCUT2D eigenvalue weighted by Crippen LogP contribution is -2.04. The number of pyridine rings is 1. The maximum Gasteiger partial charge on any atom is 0.269 e. The third-order valence-electron chi connectivity index (χ3n) is 4.92. The lowest BCUT2D eigenvalue weighted by Gasteiger charge is -2.14. The summed E-state index contributed by atoms with van der Waals surface area (Å²) in [7, 11) is 1.56. The number of anilines is 1. The number of nitriles is 1. The molecule has 2 aromatic carbocycles. The highest BCUT2D eigenvalue weighted by atomic mass is 79.9. The maximum absolute atomic E-state index is 10.8. The third-order valence-corrected chi connectivity index (χ3v) is 5.61. The van der Waals surface area contributed by atoms with Crippen LogP contribution in [0.5, 0.6) is 11.5 Å². The van der Waals surface area contributed by atoms with Gasteiger partial charge in [-0.15, -0.1) is 0 Å². The van der Waals surface area contributed by atoms with E-state index in [2.05, 4.69) is 37.5 Å². The number of nitrogens with zero attached hydrogens (tertiary/aromatic N) is 4. The van der Waals surface area contributed by atoms with Gasteiger partial charge in [0.25, 0.3) is 5.69 Å². The molecule has 0 amide bonds. The number of nitrogens with one attached hydrogen (secondary N) is 1. The molecular weight excluding hydrogens is 530 g/mol. The molecule has 0 unspecified atom stereocenters. The number of halogens is 1. The van der Waals surface area contributed by atoms with E-state index in [9.17, 15) is 15.4 Å². The van der Waals surface area contributed by atoms with Crippen LogP contribution in [-0.2, 0) is 18.0 Å². The highest BCUT2D eigenvalue weighted by Gasteiger charge is 2.13. The van der Waals surface area contributed by atoms with Gasteiger partial charge < -0.3 is 14.2 Å². The van der Waals surface area contributed by atoms with Gasteiger partial charge in [0.05, 0.1) is 24.4 Å². The highest BCUT2D eigenvalue weighted by molar-refractivity contribution is 9.10. The van der Waals surface area contributed by atoms with Crippen LogP contribution in [0.3, 0.4) is 0 Å². The summed E-state index contributed by atoms with van der Waals surface area (Å²) < 4.78 is 17.5. The van der Waals surface area contributed by atoms with E-state index in [1.165, 1.54) is 12.1 Å². The van der Waals surface area contributed by atoms with Gasteiger partial charge in [0, 0.05) is 40.5 Å². The molecule has 0 atom stereocenters. The van der Waals surface area contributed by atoms with Crippen LogP contribution in [0.15, 0.2) is 52.0 Å². The Morgan fingerprint density at radius 2 is 1.92 bits per heavy atom. The molecule has 0 aliphatic rings. The van der Waals surface area contributed by atoms with E-state index in [1.807, 2.05) is 13.8 Å². The average molecular weight is 554 g/mol. The molecule has 0 spiro atoms. The molecule has 36 heavy (non-hydrogen) atoms. The van der Waals surface area contributed by atoms with Crippen LogP contribution in [0.25, 0.3) is 0 Å².